The second-order valence-electron chi connectivity index (χ2n) is 6.77. The standard InChI is InChI=1S/C21H23NO5S2/c1-3-27-20(24)21(28-15-17-7-5-4-6-8-17)13-14-22(19(21)23)29(25,26)18-11-9-16(2)10-12-18/h4-12H,3,13-15H2,1-2H3. The zero-order chi connectivity index (χ0) is 21.1. The molecule has 1 heterocycles. The van der Waals surface area contributed by atoms with E-state index in [0.29, 0.717) is 5.75 Å². The van der Waals surface area contributed by atoms with Crippen molar-refractivity contribution in [2.24, 2.45) is 0 Å². The Morgan fingerprint density at radius 3 is 2.41 bits per heavy atom. The van der Waals surface area contributed by atoms with E-state index in [1.54, 1.807) is 19.1 Å². The van der Waals surface area contributed by atoms with Crippen LogP contribution in [0.1, 0.15) is 24.5 Å². The maximum atomic E-state index is 13.3. The van der Waals surface area contributed by atoms with E-state index in [1.165, 1.54) is 12.1 Å². The van der Waals surface area contributed by atoms with Crippen LogP contribution in [-0.2, 0) is 30.1 Å². The molecule has 1 saturated heterocycles. The molecule has 0 N–H and O–H groups in total. The molecule has 1 amide bonds. The van der Waals surface area contributed by atoms with Gasteiger partial charge in [0, 0.05) is 18.7 Å². The number of carbonyl (C=O) groups is 2. The Hall–Kier alpha value is -2.32. The van der Waals surface area contributed by atoms with Gasteiger partial charge in [0.1, 0.15) is 0 Å². The number of benzene rings is 2. The average Bonchev–Trinajstić information content (AvgIpc) is 3.06. The monoisotopic (exact) mass is 433 g/mol. The van der Waals surface area contributed by atoms with Gasteiger partial charge in [0.05, 0.1) is 11.5 Å². The topological polar surface area (TPSA) is 80.8 Å². The Balaban J connectivity index is 1.91. The number of esters is 1. The number of nitrogens with zero attached hydrogens (tertiary/aromatic N) is 1. The van der Waals surface area contributed by atoms with Gasteiger partial charge in [0.25, 0.3) is 15.9 Å². The lowest BCUT2D eigenvalue weighted by Crippen LogP contribution is -2.46. The lowest BCUT2D eigenvalue weighted by molar-refractivity contribution is -0.149. The van der Waals surface area contributed by atoms with Crippen molar-refractivity contribution in [1.82, 2.24) is 4.31 Å². The van der Waals surface area contributed by atoms with Gasteiger partial charge in [-0.3, -0.25) is 4.79 Å². The average molecular weight is 434 g/mol. The van der Waals surface area contributed by atoms with Gasteiger partial charge in [-0.05, 0) is 31.5 Å². The SMILES string of the molecule is CCOC(=O)C1(SCc2ccccc2)CCN(S(=O)(=O)c2ccc(C)cc2)C1=O. The Bertz CT molecular complexity index is 989. The molecule has 3 rings (SSSR count). The summed E-state index contributed by atoms with van der Waals surface area (Å²) in [5, 5.41) is 0. The molecule has 0 saturated carbocycles. The maximum Gasteiger partial charge on any atom is 0.332 e. The summed E-state index contributed by atoms with van der Waals surface area (Å²) in [7, 11) is -4.04. The Kier molecular flexibility index (Phi) is 6.33. The van der Waals surface area contributed by atoms with Crippen molar-refractivity contribution in [3.63, 3.8) is 0 Å². The Morgan fingerprint density at radius 1 is 1.14 bits per heavy atom. The van der Waals surface area contributed by atoms with Crippen LogP contribution in [0.2, 0.25) is 0 Å². The molecule has 8 heteroatoms. The second-order valence-corrected chi connectivity index (χ2v) is 9.90. The van der Waals surface area contributed by atoms with Gasteiger partial charge < -0.3 is 4.74 Å². The zero-order valence-electron chi connectivity index (χ0n) is 16.3. The molecule has 1 unspecified atom stereocenters. The molecular weight excluding hydrogens is 410 g/mol. The molecule has 0 aromatic heterocycles. The molecule has 1 aliphatic rings. The first-order valence-electron chi connectivity index (χ1n) is 9.30. The Labute approximate surface area is 175 Å². The smallest absolute Gasteiger partial charge is 0.332 e. The first-order valence-corrected chi connectivity index (χ1v) is 11.7. The van der Waals surface area contributed by atoms with Gasteiger partial charge in [0.15, 0.2) is 4.75 Å². The maximum absolute atomic E-state index is 13.3. The summed E-state index contributed by atoms with van der Waals surface area (Å²) in [6, 6.07) is 15.7. The molecule has 0 spiro atoms. The van der Waals surface area contributed by atoms with Crippen molar-refractivity contribution in [3.05, 3.63) is 65.7 Å². The zero-order valence-corrected chi connectivity index (χ0v) is 18.0. The van der Waals surface area contributed by atoms with E-state index in [0.717, 1.165) is 27.2 Å². The van der Waals surface area contributed by atoms with Crippen molar-refractivity contribution < 1.29 is 22.7 Å². The van der Waals surface area contributed by atoms with Gasteiger partial charge in [-0.2, -0.15) is 0 Å². The number of aryl methyl sites for hydroxylation is 1. The summed E-state index contributed by atoms with van der Waals surface area (Å²) in [4.78, 5) is 26.1. The predicted octanol–water partition coefficient (Wildman–Crippen LogP) is 3.15. The highest BCUT2D eigenvalue weighted by Gasteiger charge is 2.57. The van der Waals surface area contributed by atoms with Crippen molar-refractivity contribution >= 4 is 33.7 Å². The molecule has 2 aromatic carbocycles. The lowest BCUT2D eigenvalue weighted by atomic mass is 10.1. The molecular formula is C21H23NO5S2. The van der Waals surface area contributed by atoms with Gasteiger partial charge in [-0.1, -0.05) is 48.0 Å². The number of carbonyl (C=O) groups excluding carboxylic acids is 2. The van der Waals surface area contributed by atoms with Crippen molar-refractivity contribution in [2.75, 3.05) is 13.2 Å². The molecule has 6 nitrogen and oxygen atoms in total. The minimum Gasteiger partial charge on any atom is -0.465 e. The molecule has 1 fully saturated rings. The lowest BCUT2D eigenvalue weighted by Gasteiger charge is -2.25. The van der Waals surface area contributed by atoms with E-state index in [9.17, 15) is 18.0 Å². The minimum absolute atomic E-state index is 0.0316. The number of sulfonamides is 1. The fraction of sp³-hybridized carbons (Fsp3) is 0.333. The van der Waals surface area contributed by atoms with Crippen molar-refractivity contribution in [2.45, 2.75) is 35.7 Å². The summed E-state index contributed by atoms with van der Waals surface area (Å²) in [5.41, 5.74) is 1.85. The third-order valence-corrected chi connectivity index (χ3v) is 8.09. The first-order chi connectivity index (χ1) is 13.8. The van der Waals surface area contributed by atoms with Crippen LogP contribution in [0.5, 0.6) is 0 Å². The van der Waals surface area contributed by atoms with Crippen LogP contribution < -0.4 is 0 Å². The summed E-state index contributed by atoms with van der Waals surface area (Å²) in [6.07, 6.45) is 0.0766. The molecule has 2 aromatic rings. The molecule has 1 aliphatic heterocycles. The van der Waals surface area contributed by atoms with E-state index in [-0.39, 0.29) is 24.5 Å². The van der Waals surface area contributed by atoms with E-state index >= 15 is 0 Å². The number of hydrogen-bond acceptors (Lipinski definition) is 6. The fourth-order valence-electron chi connectivity index (χ4n) is 3.15. The first kappa shape index (κ1) is 21.4. The van der Waals surface area contributed by atoms with Crippen LogP contribution >= 0.6 is 11.8 Å². The fourth-order valence-corrected chi connectivity index (χ4v) is 5.90. The van der Waals surface area contributed by atoms with E-state index in [1.807, 2.05) is 37.3 Å². The summed E-state index contributed by atoms with van der Waals surface area (Å²) < 4.78 is 30.5. The highest BCUT2D eigenvalue weighted by molar-refractivity contribution is 8.01. The largest absolute Gasteiger partial charge is 0.465 e. The van der Waals surface area contributed by atoms with E-state index < -0.39 is 26.6 Å². The van der Waals surface area contributed by atoms with E-state index in [4.69, 9.17) is 4.74 Å². The highest BCUT2D eigenvalue weighted by Crippen LogP contribution is 2.41. The van der Waals surface area contributed by atoms with Crippen LogP contribution in [0.4, 0.5) is 0 Å². The van der Waals surface area contributed by atoms with Crippen molar-refractivity contribution in [1.29, 1.82) is 0 Å². The quantitative estimate of drug-likeness (QED) is 0.493. The van der Waals surface area contributed by atoms with E-state index in [2.05, 4.69) is 0 Å². The number of hydrogen-bond donors (Lipinski definition) is 0. The summed E-state index contributed by atoms with van der Waals surface area (Å²) in [5.74, 6) is -1.03. The predicted molar refractivity (Wildman–Crippen MR) is 112 cm³/mol. The third-order valence-electron chi connectivity index (χ3n) is 4.78. The molecule has 154 valence electrons. The number of ether oxygens (including phenoxy) is 1. The summed E-state index contributed by atoms with van der Waals surface area (Å²) in [6.45, 7) is 3.57. The molecule has 0 aliphatic carbocycles. The summed E-state index contributed by atoms with van der Waals surface area (Å²) >= 11 is 1.13. The van der Waals surface area contributed by atoms with Crippen LogP contribution in [0.25, 0.3) is 0 Å². The normalized spacial score (nSPS) is 19.4. The number of amides is 1. The molecule has 29 heavy (non-hydrogen) atoms. The Morgan fingerprint density at radius 2 is 1.79 bits per heavy atom. The third kappa shape index (κ3) is 4.18. The number of thioether (sulfide) groups is 1. The van der Waals surface area contributed by atoms with Crippen LogP contribution in [0.3, 0.4) is 0 Å². The van der Waals surface area contributed by atoms with Gasteiger partial charge in [0.2, 0.25) is 0 Å². The highest BCUT2D eigenvalue weighted by atomic mass is 32.2. The van der Waals surface area contributed by atoms with Crippen LogP contribution in [-0.4, -0.2) is 42.5 Å². The molecule has 1 atom stereocenters. The van der Waals surface area contributed by atoms with Gasteiger partial charge in [-0.25, -0.2) is 17.5 Å². The number of rotatable bonds is 7. The molecule has 0 bridgehead atoms. The van der Waals surface area contributed by atoms with Gasteiger partial charge >= 0.3 is 5.97 Å². The molecule has 0 radical (unpaired) electrons. The second kappa shape index (κ2) is 8.59. The van der Waals surface area contributed by atoms with Crippen molar-refractivity contribution in [3.8, 4) is 0 Å². The van der Waals surface area contributed by atoms with Gasteiger partial charge in [-0.15, -0.1) is 11.8 Å². The minimum atomic E-state index is -4.04. The van der Waals surface area contributed by atoms with Crippen LogP contribution in [0.15, 0.2) is 59.5 Å². The van der Waals surface area contributed by atoms with Crippen LogP contribution in [0, 0.1) is 6.92 Å².